The SMILES string of the molecule is Cc1oncc1-c1nc(C(C)(C)C)nc2c1nnn2Cc1nnnn1C. The van der Waals surface area contributed by atoms with Gasteiger partial charge in [0.15, 0.2) is 17.0 Å². The van der Waals surface area contributed by atoms with Crippen LogP contribution in [0.4, 0.5) is 0 Å². The predicted molar refractivity (Wildman–Crippen MR) is 90.0 cm³/mol. The van der Waals surface area contributed by atoms with Gasteiger partial charge in [0.05, 0.1) is 11.8 Å². The Balaban J connectivity index is 1.94. The Labute approximate surface area is 148 Å². The quantitative estimate of drug-likeness (QED) is 0.530. The standard InChI is InChI=1S/C15H18N10O/c1-8-9(6-16-26-8)11-12-13(18-14(17-11)15(2,3)4)25(22-20-12)7-10-19-21-23-24(10)5/h6H,7H2,1-5H3. The Morgan fingerprint density at radius 3 is 2.54 bits per heavy atom. The molecule has 4 aromatic heterocycles. The van der Waals surface area contributed by atoms with Crippen molar-refractivity contribution in [1.82, 2.24) is 50.3 Å². The van der Waals surface area contributed by atoms with Crippen LogP contribution in [0.5, 0.6) is 0 Å². The highest BCUT2D eigenvalue weighted by Crippen LogP contribution is 2.30. The van der Waals surface area contributed by atoms with Gasteiger partial charge in [-0.25, -0.2) is 19.3 Å². The van der Waals surface area contributed by atoms with E-state index in [0.29, 0.717) is 40.8 Å². The average molecular weight is 354 g/mol. The van der Waals surface area contributed by atoms with E-state index in [2.05, 4.69) is 51.8 Å². The predicted octanol–water partition coefficient (Wildman–Crippen LogP) is 1.05. The van der Waals surface area contributed by atoms with Crippen LogP contribution < -0.4 is 0 Å². The lowest BCUT2D eigenvalue weighted by Gasteiger charge is -2.17. The van der Waals surface area contributed by atoms with Crippen molar-refractivity contribution < 1.29 is 4.52 Å². The first-order valence-corrected chi connectivity index (χ1v) is 8.09. The van der Waals surface area contributed by atoms with Crippen LogP contribution in [0.2, 0.25) is 0 Å². The molecule has 134 valence electrons. The van der Waals surface area contributed by atoms with Gasteiger partial charge in [0.2, 0.25) is 0 Å². The zero-order chi connectivity index (χ0) is 18.5. The van der Waals surface area contributed by atoms with Crippen LogP contribution in [-0.2, 0) is 19.0 Å². The Hall–Kier alpha value is -3.24. The molecule has 0 saturated carbocycles. The Morgan fingerprint density at radius 2 is 1.92 bits per heavy atom. The molecule has 4 aromatic rings. The molecule has 0 amide bonds. The molecule has 0 N–H and O–H groups in total. The number of fused-ring (bicyclic) bond motifs is 1. The summed E-state index contributed by atoms with van der Waals surface area (Å²) in [6.45, 7) is 8.35. The molecule has 0 saturated heterocycles. The van der Waals surface area contributed by atoms with Crippen molar-refractivity contribution in [3.05, 3.63) is 23.6 Å². The van der Waals surface area contributed by atoms with Gasteiger partial charge in [0.25, 0.3) is 0 Å². The van der Waals surface area contributed by atoms with E-state index in [-0.39, 0.29) is 5.41 Å². The Bertz CT molecular complexity index is 1080. The third-order valence-electron chi connectivity index (χ3n) is 4.04. The number of aromatic nitrogens is 10. The summed E-state index contributed by atoms with van der Waals surface area (Å²) in [6.07, 6.45) is 1.63. The highest BCUT2D eigenvalue weighted by molar-refractivity contribution is 5.87. The average Bonchev–Trinajstić information content (AvgIpc) is 3.28. The van der Waals surface area contributed by atoms with Crippen LogP contribution in [0.15, 0.2) is 10.7 Å². The van der Waals surface area contributed by atoms with Crippen molar-refractivity contribution in [1.29, 1.82) is 0 Å². The van der Waals surface area contributed by atoms with Gasteiger partial charge in [-0.3, -0.25) is 0 Å². The van der Waals surface area contributed by atoms with Gasteiger partial charge >= 0.3 is 0 Å². The first-order valence-electron chi connectivity index (χ1n) is 8.09. The minimum absolute atomic E-state index is 0.255. The number of hydrogen-bond acceptors (Lipinski definition) is 9. The highest BCUT2D eigenvalue weighted by atomic mass is 16.5. The lowest BCUT2D eigenvalue weighted by atomic mass is 9.95. The summed E-state index contributed by atoms with van der Waals surface area (Å²) in [4.78, 5) is 9.45. The van der Waals surface area contributed by atoms with Crippen LogP contribution in [0.25, 0.3) is 22.4 Å². The molecule has 11 nitrogen and oxygen atoms in total. The van der Waals surface area contributed by atoms with E-state index in [1.165, 1.54) is 0 Å². The van der Waals surface area contributed by atoms with Gasteiger partial charge in [0.1, 0.15) is 23.8 Å². The van der Waals surface area contributed by atoms with E-state index in [4.69, 9.17) is 14.5 Å². The van der Waals surface area contributed by atoms with Crippen LogP contribution in [0, 0.1) is 6.92 Å². The molecule has 0 spiro atoms. The second-order valence-corrected chi connectivity index (χ2v) is 7.08. The monoisotopic (exact) mass is 354 g/mol. The maximum atomic E-state index is 5.21. The summed E-state index contributed by atoms with van der Waals surface area (Å²) in [5.74, 6) is 1.99. The summed E-state index contributed by atoms with van der Waals surface area (Å²) in [6, 6.07) is 0. The summed E-state index contributed by atoms with van der Waals surface area (Å²) < 4.78 is 8.46. The van der Waals surface area contributed by atoms with Crippen molar-refractivity contribution in [3.8, 4) is 11.3 Å². The van der Waals surface area contributed by atoms with Crippen LogP contribution in [0.3, 0.4) is 0 Å². The molecule has 0 atom stereocenters. The van der Waals surface area contributed by atoms with E-state index in [1.807, 2.05) is 6.92 Å². The minimum atomic E-state index is -0.255. The second kappa shape index (κ2) is 5.64. The lowest BCUT2D eigenvalue weighted by molar-refractivity contribution is 0.398. The molecule has 0 aromatic carbocycles. The zero-order valence-corrected chi connectivity index (χ0v) is 15.2. The molecule has 4 heterocycles. The Morgan fingerprint density at radius 1 is 1.12 bits per heavy atom. The van der Waals surface area contributed by atoms with E-state index in [1.54, 1.807) is 22.6 Å². The number of hydrogen-bond donors (Lipinski definition) is 0. The van der Waals surface area contributed by atoms with E-state index < -0.39 is 0 Å². The third kappa shape index (κ3) is 2.61. The second-order valence-electron chi connectivity index (χ2n) is 7.08. The summed E-state index contributed by atoms with van der Waals surface area (Å²) in [5, 5.41) is 23.9. The van der Waals surface area contributed by atoms with E-state index in [9.17, 15) is 0 Å². The smallest absolute Gasteiger partial charge is 0.183 e. The van der Waals surface area contributed by atoms with Crippen molar-refractivity contribution in [2.75, 3.05) is 0 Å². The molecule has 0 aliphatic heterocycles. The molecule has 0 radical (unpaired) electrons. The molecule has 26 heavy (non-hydrogen) atoms. The molecule has 0 aliphatic rings. The van der Waals surface area contributed by atoms with Crippen LogP contribution >= 0.6 is 0 Å². The number of aryl methyl sites for hydroxylation is 2. The largest absolute Gasteiger partial charge is 0.361 e. The van der Waals surface area contributed by atoms with Gasteiger partial charge in [-0.05, 0) is 17.4 Å². The van der Waals surface area contributed by atoms with Crippen molar-refractivity contribution in [2.24, 2.45) is 7.05 Å². The molecule has 0 bridgehead atoms. The van der Waals surface area contributed by atoms with Gasteiger partial charge in [-0.1, -0.05) is 31.1 Å². The summed E-state index contributed by atoms with van der Waals surface area (Å²) in [7, 11) is 1.77. The topological polar surface area (TPSA) is 126 Å². The molecule has 0 fully saturated rings. The van der Waals surface area contributed by atoms with Gasteiger partial charge in [-0.2, -0.15) is 0 Å². The normalized spacial score (nSPS) is 12.2. The van der Waals surface area contributed by atoms with Crippen molar-refractivity contribution in [2.45, 2.75) is 39.7 Å². The summed E-state index contributed by atoms with van der Waals surface area (Å²) in [5.41, 5.74) is 2.37. The maximum absolute atomic E-state index is 5.21. The fraction of sp³-hybridized carbons (Fsp3) is 0.467. The Kier molecular flexibility index (Phi) is 3.53. The fourth-order valence-corrected chi connectivity index (χ4v) is 2.53. The first kappa shape index (κ1) is 16.2. The molecule has 0 unspecified atom stereocenters. The van der Waals surface area contributed by atoms with Crippen LogP contribution in [-0.4, -0.2) is 50.3 Å². The summed E-state index contributed by atoms with van der Waals surface area (Å²) >= 11 is 0. The first-order chi connectivity index (χ1) is 12.3. The van der Waals surface area contributed by atoms with Crippen molar-refractivity contribution >= 4 is 11.2 Å². The number of tetrazole rings is 1. The molecule has 0 aliphatic carbocycles. The lowest BCUT2D eigenvalue weighted by Crippen LogP contribution is -2.18. The number of rotatable bonds is 3. The van der Waals surface area contributed by atoms with E-state index in [0.717, 1.165) is 5.56 Å². The molecular formula is C15H18N10O. The van der Waals surface area contributed by atoms with Gasteiger partial charge in [0, 0.05) is 12.5 Å². The number of nitrogens with zero attached hydrogens (tertiary/aromatic N) is 10. The third-order valence-corrected chi connectivity index (χ3v) is 4.04. The van der Waals surface area contributed by atoms with Crippen LogP contribution in [0.1, 0.15) is 38.2 Å². The maximum Gasteiger partial charge on any atom is 0.183 e. The van der Waals surface area contributed by atoms with Gasteiger partial charge < -0.3 is 4.52 Å². The highest BCUT2D eigenvalue weighted by Gasteiger charge is 2.25. The molecule has 11 heteroatoms. The zero-order valence-electron chi connectivity index (χ0n) is 15.2. The van der Waals surface area contributed by atoms with Gasteiger partial charge in [-0.15, -0.1) is 10.2 Å². The molecule has 4 rings (SSSR count). The fourth-order valence-electron chi connectivity index (χ4n) is 2.53. The molecular weight excluding hydrogens is 336 g/mol. The van der Waals surface area contributed by atoms with E-state index >= 15 is 0 Å². The minimum Gasteiger partial charge on any atom is -0.361 e. The van der Waals surface area contributed by atoms with Crippen molar-refractivity contribution in [3.63, 3.8) is 0 Å².